The minimum Gasteiger partial charge on any atom is -0.328 e. The first-order valence-electron chi connectivity index (χ1n) is 4.28. The summed E-state index contributed by atoms with van der Waals surface area (Å²) < 4.78 is 31.6. The van der Waals surface area contributed by atoms with Crippen molar-refractivity contribution in [3.8, 4) is 0 Å². The predicted octanol–water partition coefficient (Wildman–Crippen LogP) is 1.35. The second-order valence-electron chi connectivity index (χ2n) is 3.11. The van der Waals surface area contributed by atoms with Gasteiger partial charge in [-0.1, -0.05) is 30.3 Å². The SMILES string of the molecule is CC(N)Cc1ccccc1.Cl.O=S(=O)(O)O. The molecule has 0 fully saturated rings. The number of nitrogens with two attached hydrogens (primary N) is 1. The minimum atomic E-state index is -4.67. The van der Waals surface area contributed by atoms with Crippen molar-refractivity contribution in [1.29, 1.82) is 0 Å². The van der Waals surface area contributed by atoms with Gasteiger partial charge in [0.1, 0.15) is 0 Å². The molecule has 0 aliphatic carbocycles. The lowest BCUT2D eigenvalue weighted by Crippen LogP contribution is -2.17. The van der Waals surface area contributed by atoms with Gasteiger partial charge in [-0.2, -0.15) is 8.42 Å². The van der Waals surface area contributed by atoms with E-state index in [2.05, 4.69) is 12.1 Å². The quantitative estimate of drug-likeness (QED) is 0.704. The summed E-state index contributed by atoms with van der Waals surface area (Å²) in [6.45, 7) is 2.02. The molecule has 7 heteroatoms. The first kappa shape index (κ1) is 17.7. The van der Waals surface area contributed by atoms with Gasteiger partial charge in [-0.25, -0.2) is 0 Å². The molecule has 5 nitrogen and oxygen atoms in total. The van der Waals surface area contributed by atoms with Crippen LogP contribution in [0.2, 0.25) is 0 Å². The van der Waals surface area contributed by atoms with E-state index in [9.17, 15) is 0 Å². The fraction of sp³-hybridized carbons (Fsp3) is 0.333. The second-order valence-corrected chi connectivity index (χ2v) is 4.01. The van der Waals surface area contributed by atoms with Crippen LogP contribution < -0.4 is 5.73 Å². The van der Waals surface area contributed by atoms with E-state index in [1.165, 1.54) is 5.56 Å². The third-order valence-corrected chi connectivity index (χ3v) is 1.40. The van der Waals surface area contributed by atoms with E-state index in [1.807, 2.05) is 25.1 Å². The molecule has 4 N–H and O–H groups in total. The summed E-state index contributed by atoms with van der Waals surface area (Å²) in [6.07, 6.45) is 0.973. The smallest absolute Gasteiger partial charge is 0.328 e. The normalized spacial score (nSPS) is 11.8. The van der Waals surface area contributed by atoms with Crippen LogP contribution in [0.4, 0.5) is 0 Å². The first-order valence-corrected chi connectivity index (χ1v) is 5.68. The van der Waals surface area contributed by atoms with Gasteiger partial charge in [-0.3, -0.25) is 9.11 Å². The van der Waals surface area contributed by atoms with Crippen molar-refractivity contribution in [2.45, 2.75) is 19.4 Å². The van der Waals surface area contributed by atoms with Crippen LogP contribution in [0.25, 0.3) is 0 Å². The molecular weight excluding hydrogens is 254 g/mol. The molecule has 0 amide bonds. The van der Waals surface area contributed by atoms with Gasteiger partial charge in [-0.05, 0) is 18.9 Å². The van der Waals surface area contributed by atoms with Gasteiger partial charge in [0.05, 0.1) is 0 Å². The van der Waals surface area contributed by atoms with Crippen molar-refractivity contribution < 1.29 is 17.5 Å². The molecule has 0 aliphatic rings. The lowest BCUT2D eigenvalue weighted by Gasteiger charge is -2.02. The molecule has 1 atom stereocenters. The van der Waals surface area contributed by atoms with Crippen molar-refractivity contribution in [1.82, 2.24) is 0 Å². The highest BCUT2D eigenvalue weighted by Gasteiger charge is 1.94. The van der Waals surface area contributed by atoms with Crippen LogP contribution in [0, 0.1) is 0 Å². The number of rotatable bonds is 2. The Kier molecular flexibility index (Phi) is 9.40. The molecule has 1 aromatic rings. The maximum atomic E-state index is 8.74. The standard InChI is InChI=1S/C9H13N.ClH.H2O4S/c1-8(10)7-9-5-3-2-4-6-9;;1-5(2,3)4/h2-6,8H,7,10H2,1H3;1H;(H2,1,2,3,4). The topological polar surface area (TPSA) is 101 Å². The first-order chi connectivity index (χ1) is 6.79. The summed E-state index contributed by atoms with van der Waals surface area (Å²) in [7, 11) is -4.67. The van der Waals surface area contributed by atoms with Gasteiger partial charge in [0.25, 0.3) is 0 Å². The third kappa shape index (κ3) is 15.8. The Morgan fingerprint density at radius 1 is 1.25 bits per heavy atom. The van der Waals surface area contributed by atoms with Crippen molar-refractivity contribution in [3.63, 3.8) is 0 Å². The Morgan fingerprint density at radius 2 is 1.62 bits per heavy atom. The molecule has 94 valence electrons. The summed E-state index contributed by atoms with van der Waals surface area (Å²) in [6, 6.07) is 10.6. The highest BCUT2D eigenvalue weighted by molar-refractivity contribution is 7.79. The molecule has 0 heterocycles. The molecule has 0 aromatic heterocycles. The number of hydrogen-bond donors (Lipinski definition) is 3. The molecule has 0 radical (unpaired) electrons. The van der Waals surface area contributed by atoms with E-state index >= 15 is 0 Å². The van der Waals surface area contributed by atoms with Gasteiger partial charge < -0.3 is 5.73 Å². The van der Waals surface area contributed by atoms with Crippen LogP contribution in [0.1, 0.15) is 12.5 Å². The highest BCUT2D eigenvalue weighted by atomic mass is 35.5. The summed E-state index contributed by atoms with van der Waals surface area (Å²) in [5.41, 5.74) is 6.94. The zero-order chi connectivity index (χ0) is 11.9. The zero-order valence-corrected chi connectivity index (χ0v) is 10.4. The maximum absolute atomic E-state index is 8.74. The average molecular weight is 270 g/mol. The Labute approximate surface area is 102 Å². The Balaban J connectivity index is 0. The summed E-state index contributed by atoms with van der Waals surface area (Å²) in [4.78, 5) is 0. The van der Waals surface area contributed by atoms with E-state index < -0.39 is 10.4 Å². The Morgan fingerprint density at radius 3 is 1.94 bits per heavy atom. The van der Waals surface area contributed by atoms with E-state index in [4.69, 9.17) is 23.3 Å². The highest BCUT2D eigenvalue weighted by Crippen LogP contribution is 2.00. The molecule has 1 rings (SSSR count). The van der Waals surface area contributed by atoms with Gasteiger partial charge in [0, 0.05) is 6.04 Å². The van der Waals surface area contributed by atoms with Gasteiger partial charge in [0.15, 0.2) is 0 Å². The predicted molar refractivity (Wildman–Crippen MR) is 65.2 cm³/mol. The monoisotopic (exact) mass is 269 g/mol. The van der Waals surface area contributed by atoms with Gasteiger partial charge >= 0.3 is 10.4 Å². The molecule has 0 saturated heterocycles. The molecular formula is C9H16ClNO4S. The van der Waals surface area contributed by atoms with Gasteiger partial charge in [0.2, 0.25) is 0 Å². The molecule has 0 saturated carbocycles. The molecule has 0 aliphatic heterocycles. The van der Waals surface area contributed by atoms with Gasteiger partial charge in [-0.15, -0.1) is 12.4 Å². The van der Waals surface area contributed by atoms with Crippen LogP contribution in [0.5, 0.6) is 0 Å². The molecule has 1 aromatic carbocycles. The van der Waals surface area contributed by atoms with Crippen molar-refractivity contribution in [2.75, 3.05) is 0 Å². The molecule has 0 spiro atoms. The second kappa shape index (κ2) is 8.49. The van der Waals surface area contributed by atoms with Crippen molar-refractivity contribution in [2.24, 2.45) is 5.73 Å². The lowest BCUT2D eigenvalue weighted by atomic mass is 10.1. The average Bonchev–Trinajstić information content (AvgIpc) is 2.01. The largest absolute Gasteiger partial charge is 0.394 e. The van der Waals surface area contributed by atoms with Crippen LogP contribution >= 0.6 is 12.4 Å². The molecule has 0 bridgehead atoms. The number of hydrogen-bond acceptors (Lipinski definition) is 3. The van der Waals surface area contributed by atoms with Crippen LogP contribution in [-0.2, 0) is 16.8 Å². The lowest BCUT2D eigenvalue weighted by molar-refractivity contribution is 0.381. The zero-order valence-electron chi connectivity index (χ0n) is 8.78. The van der Waals surface area contributed by atoms with Crippen LogP contribution in [-0.4, -0.2) is 23.6 Å². The number of benzene rings is 1. The summed E-state index contributed by atoms with van der Waals surface area (Å²) >= 11 is 0. The van der Waals surface area contributed by atoms with E-state index in [0.717, 1.165) is 6.42 Å². The Bertz CT molecular complexity index is 358. The summed E-state index contributed by atoms with van der Waals surface area (Å²) in [5.74, 6) is 0. The fourth-order valence-electron chi connectivity index (χ4n) is 0.986. The van der Waals surface area contributed by atoms with E-state index in [-0.39, 0.29) is 18.4 Å². The van der Waals surface area contributed by atoms with E-state index in [1.54, 1.807) is 0 Å². The molecule has 1 unspecified atom stereocenters. The molecule has 16 heavy (non-hydrogen) atoms. The van der Waals surface area contributed by atoms with Crippen molar-refractivity contribution >= 4 is 22.8 Å². The van der Waals surface area contributed by atoms with Crippen molar-refractivity contribution in [3.05, 3.63) is 35.9 Å². The Hall–Kier alpha value is -0.660. The third-order valence-electron chi connectivity index (χ3n) is 1.40. The summed E-state index contributed by atoms with van der Waals surface area (Å²) in [5, 5.41) is 0. The van der Waals surface area contributed by atoms with Crippen LogP contribution in [0.3, 0.4) is 0 Å². The van der Waals surface area contributed by atoms with Crippen LogP contribution in [0.15, 0.2) is 30.3 Å². The number of halogens is 1. The minimum absolute atomic E-state index is 0. The van der Waals surface area contributed by atoms with E-state index in [0.29, 0.717) is 0 Å². The maximum Gasteiger partial charge on any atom is 0.394 e. The fourth-order valence-corrected chi connectivity index (χ4v) is 0.986.